The molecule has 15 aromatic carbocycles. The van der Waals surface area contributed by atoms with Crippen LogP contribution in [0.2, 0.25) is 0 Å². The van der Waals surface area contributed by atoms with E-state index in [0.29, 0.717) is 0 Å². The van der Waals surface area contributed by atoms with E-state index in [1.807, 2.05) is 0 Å². The fourth-order valence-electron chi connectivity index (χ4n) is 14.9. The van der Waals surface area contributed by atoms with Gasteiger partial charge in [-0.1, -0.05) is 267 Å². The zero-order valence-corrected chi connectivity index (χ0v) is 51.6. The Bertz CT molecular complexity index is 5070. The summed E-state index contributed by atoms with van der Waals surface area (Å²) >= 11 is 0. The predicted octanol–water partition coefficient (Wildman–Crippen LogP) is 22.2. The second-order valence-electron chi connectivity index (χ2n) is 24.8. The first-order valence-electron chi connectivity index (χ1n) is 32.5. The summed E-state index contributed by atoms with van der Waals surface area (Å²) in [6.07, 6.45) is 0. The minimum atomic E-state index is -0.140. The number of fused-ring (bicyclic) bond motifs is 7. The molecule has 0 atom stereocenters. The molecule has 0 saturated heterocycles. The summed E-state index contributed by atoms with van der Waals surface area (Å²) in [5.41, 5.74) is 32.6. The summed E-state index contributed by atoms with van der Waals surface area (Å²) in [4.78, 5) is 5.09. The van der Waals surface area contributed by atoms with Crippen LogP contribution in [0.3, 0.4) is 0 Å². The Morgan fingerprint density at radius 3 is 0.766 bits per heavy atom. The van der Waals surface area contributed by atoms with Crippen LogP contribution in [0.5, 0.6) is 0 Å². The Balaban J connectivity index is 0.943. The van der Waals surface area contributed by atoms with Crippen molar-refractivity contribution >= 4 is 79.0 Å². The highest BCUT2D eigenvalue weighted by atomic mass is 15.2. The number of nitrogens with zero attached hydrogens (tertiary/aromatic N) is 3. The zero-order chi connectivity index (χ0) is 62.1. The Kier molecular flexibility index (Phi) is 13.3. The molecule has 0 spiro atoms. The standard InChI is InChI=1S/C90H60BN3/c1-9-25-61(26-10-1)67-43-47-84-82(55-67)91-83-56-68(62-27-11-2-12-28-62)44-48-85(83)93(78-39-23-8-24-40-78)89-60-79(59-88(90(89)91)92(84)77-37-21-7-22-38-77)94-86-57-69(75-51-71(63-29-13-3-14-30-63)49-72(52-75)64-31-15-4-16-32-64)41-45-80(86)81-46-42-70(58-87(81)94)76-53-73(65-33-17-5-18-34-65)50-74(54-76)66-35-19-6-20-36-66/h1-60H. The van der Waals surface area contributed by atoms with Gasteiger partial charge in [-0.05, 0) is 202 Å². The van der Waals surface area contributed by atoms with Gasteiger partial charge in [0.25, 0.3) is 6.71 Å². The van der Waals surface area contributed by atoms with Crippen molar-refractivity contribution in [2.24, 2.45) is 0 Å². The highest BCUT2D eigenvalue weighted by Gasteiger charge is 2.44. The quantitative estimate of drug-likeness (QED) is 0.120. The van der Waals surface area contributed by atoms with Gasteiger partial charge in [-0.25, -0.2) is 0 Å². The van der Waals surface area contributed by atoms with Crippen LogP contribution in [-0.2, 0) is 0 Å². The van der Waals surface area contributed by atoms with Crippen molar-refractivity contribution in [1.29, 1.82) is 0 Å². The third kappa shape index (κ3) is 9.54. The lowest BCUT2D eigenvalue weighted by molar-refractivity contribution is 1.16. The molecule has 1 aromatic heterocycles. The maximum absolute atomic E-state index is 2.58. The maximum Gasteiger partial charge on any atom is 0.252 e. The number of benzene rings is 15. The minimum absolute atomic E-state index is 0.140. The van der Waals surface area contributed by atoms with Crippen LogP contribution in [0.4, 0.5) is 34.1 Å². The normalized spacial score (nSPS) is 12.2. The van der Waals surface area contributed by atoms with Gasteiger partial charge >= 0.3 is 0 Å². The Morgan fingerprint density at radius 2 is 0.447 bits per heavy atom. The molecule has 0 unspecified atom stereocenters. The molecule has 0 aliphatic carbocycles. The van der Waals surface area contributed by atoms with Gasteiger partial charge in [0.2, 0.25) is 0 Å². The highest BCUT2D eigenvalue weighted by molar-refractivity contribution is 7.00. The lowest BCUT2D eigenvalue weighted by Crippen LogP contribution is -2.61. The van der Waals surface area contributed by atoms with Crippen molar-refractivity contribution in [1.82, 2.24) is 4.57 Å². The van der Waals surface area contributed by atoms with E-state index in [1.165, 1.54) is 93.9 Å². The molecule has 0 fully saturated rings. The van der Waals surface area contributed by atoms with E-state index in [0.717, 1.165) is 73.1 Å². The predicted molar refractivity (Wildman–Crippen MR) is 398 cm³/mol. The molecule has 0 bridgehead atoms. The van der Waals surface area contributed by atoms with Crippen LogP contribution in [0.15, 0.2) is 364 Å². The van der Waals surface area contributed by atoms with Crippen molar-refractivity contribution in [3.63, 3.8) is 0 Å². The smallest absolute Gasteiger partial charge is 0.252 e. The summed E-state index contributed by atoms with van der Waals surface area (Å²) in [5.74, 6) is 0. The van der Waals surface area contributed by atoms with Crippen molar-refractivity contribution in [3.05, 3.63) is 364 Å². The van der Waals surface area contributed by atoms with E-state index < -0.39 is 0 Å². The van der Waals surface area contributed by atoms with Crippen molar-refractivity contribution in [2.75, 3.05) is 9.80 Å². The molecule has 0 radical (unpaired) electrons. The SMILES string of the molecule is c1ccc(-c2cc(-c3ccccc3)cc(-c3ccc4c5ccc(-c6cc(-c7ccccc7)cc(-c7ccccc7)c6)cc5n(-c5cc6c7c(c5)N(c5ccccc5)c5ccc(-c8ccccc8)cc5B7c5cc(-c7ccccc7)ccc5N6c5ccccc5)c4c3)c2)cc1. The largest absolute Gasteiger partial charge is 0.311 e. The number of hydrogen-bond donors (Lipinski definition) is 0. The summed E-state index contributed by atoms with van der Waals surface area (Å²) in [6.45, 7) is -0.140. The number of hydrogen-bond acceptors (Lipinski definition) is 2. The van der Waals surface area contributed by atoms with E-state index >= 15 is 0 Å². The Morgan fingerprint density at radius 1 is 0.181 bits per heavy atom. The number of anilines is 6. The molecule has 0 saturated carbocycles. The first-order chi connectivity index (χ1) is 46.6. The molecule has 3 nitrogen and oxygen atoms in total. The summed E-state index contributed by atoms with van der Waals surface area (Å²) in [6, 6.07) is 135. The average molecular weight is 1190 g/mol. The highest BCUT2D eigenvalue weighted by Crippen LogP contribution is 2.48. The molecule has 16 aromatic rings. The average Bonchev–Trinajstić information content (AvgIpc) is 0.927. The van der Waals surface area contributed by atoms with Gasteiger partial charge in [-0.3, -0.25) is 0 Å². The second kappa shape index (κ2) is 22.9. The second-order valence-corrected chi connectivity index (χ2v) is 24.8. The summed E-state index contributed by atoms with van der Waals surface area (Å²) in [7, 11) is 0. The fourth-order valence-corrected chi connectivity index (χ4v) is 14.9. The third-order valence-electron chi connectivity index (χ3n) is 19.3. The molecule has 0 N–H and O–H groups in total. The van der Waals surface area contributed by atoms with E-state index in [-0.39, 0.29) is 6.71 Å². The van der Waals surface area contributed by atoms with Gasteiger partial charge in [-0.2, -0.15) is 0 Å². The first-order valence-corrected chi connectivity index (χ1v) is 32.5. The topological polar surface area (TPSA) is 11.4 Å². The Labute approximate surface area is 548 Å². The minimum Gasteiger partial charge on any atom is -0.311 e. The van der Waals surface area contributed by atoms with Crippen LogP contribution >= 0.6 is 0 Å². The van der Waals surface area contributed by atoms with Gasteiger partial charge in [0.05, 0.1) is 16.7 Å². The molecule has 0 amide bonds. The van der Waals surface area contributed by atoms with E-state index in [2.05, 4.69) is 378 Å². The van der Waals surface area contributed by atoms with E-state index in [9.17, 15) is 0 Å². The first kappa shape index (κ1) is 54.7. The lowest BCUT2D eigenvalue weighted by atomic mass is 9.33. The maximum atomic E-state index is 2.58. The number of aromatic nitrogens is 1. The van der Waals surface area contributed by atoms with Crippen molar-refractivity contribution in [3.8, 4) is 94.7 Å². The van der Waals surface area contributed by atoms with Gasteiger partial charge in [0.1, 0.15) is 0 Å². The van der Waals surface area contributed by atoms with Crippen LogP contribution < -0.4 is 26.2 Å². The molecule has 2 aliphatic rings. The summed E-state index contributed by atoms with van der Waals surface area (Å²) < 4.78 is 2.58. The molecule has 3 heterocycles. The molecule has 4 heteroatoms. The van der Waals surface area contributed by atoms with Crippen molar-refractivity contribution < 1.29 is 0 Å². The van der Waals surface area contributed by atoms with E-state index in [4.69, 9.17) is 0 Å². The van der Waals surface area contributed by atoms with E-state index in [1.54, 1.807) is 0 Å². The van der Waals surface area contributed by atoms with Gasteiger partial charge in [0.15, 0.2) is 0 Å². The van der Waals surface area contributed by atoms with Gasteiger partial charge < -0.3 is 14.4 Å². The fraction of sp³-hybridized carbons (Fsp3) is 0. The monoisotopic (exact) mass is 1190 g/mol. The molecular weight excluding hydrogens is 1130 g/mol. The lowest BCUT2D eigenvalue weighted by Gasteiger charge is -2.44. The molecule has 2 aliphatic heterocycles. The molecule has 18 rings (SSSR count). The van der Waals surface area contributed by atoms with Crippen molar-refractivity contribution in [2.45, 2.75) is 0 Å². The van der Waals surface area contributed by atoms with Crippen LogP contribution in [0, 0.1) is 0 Å². The summed E-state index contributed by atoms with van der Waals surface area (Å²) in [5, 5.41) is 2.36. The molecule has 438 valence electrons. The van der Waals surface area contributed by atoms with Gasteiger partial charge in [0, 0.05) is 44.9 Å². The molecular formula is C90H60BN3. The molecule has 94 heavy (non-hydrogen) atoms. The van der Waals surface area contributed by atoms with Crippen LogP contribution in [-0.4, -0.2) is 11.3 Å². The number of para-hydroxylation sites is 2. The number of rotatable bonds is 11. The Hall–Kier alpha value is -12.2. The van der Waals surface area contributed by atoms with Crippen LogP contribution in [0.1, 0.15) is 0 Å². The zero-order valence-electron chi connectivity index (χ0n) is 51.6. The van der Waals surface area contributed by atoms with Crippen LogP contribution in [0.25, 0.3) is 117 Å². The third-order valence-corrected chi connectivity index (χ3v) is 19.3. The van der Waals surface area contributed by atoms with Gasteiger partial charge in [-0.15, -0.1) is 0 Å².